The van der Waals surface area contributed by atoms with E-state index in [1.807, 2.05) is 13.8 Å². The molecule has 2 heteroatoms. The molecule has 1 aromatic rings. The van der Waals surface area contributed by atoms with Crippen LogP contribution in [0.1, 0.15) is 32.3 Å². The van der Waals surface area contributed by atoms with Crippen LogP contribution < -0.4 is 0 Å². The summed E-state index contributed by atoms with van der Waals surface area (Å²) in [5, 5.41) is 0. The third kappa shape index (κ3) is 3.61. The van der Waals surface area contributed by atoms with Crippen LogP contribution in [-0.2, 0) is 11.2 Å². The zero-order valence-electron chi connectivity index (χ0n) is 9.79. The van der Waals surface area contributed by atoms with Gasteiger partial charge in [-0.2, -0.15) is 0 Å². The Bertz CT molecular complexity index is 387. The molecule has 0 heterocycles. The summed E-state index contributed by atoms with van der Waals surface area (Å²) in [7, 11) is 0. The Hall–Kier alpha value is -1.44. The summed E-state index contributed by atoms with van der Waals surface area (Å²) in [6.07, 6.45) is 3.54. The van der Waals surface area contributed by atoms with Crippen LogP contribution in [0.25, 0.3) is 0 Å². The highest BCUT2D eigenvalue weighted by molar-refractivity contribution is 5.92. The van der Waals surface area contributed by atoms with Gasteiger partial charge < -0.3 is 0 Å². The van der Waals surface area contributed by atoms with Crippen molar-refractivity contribution < 1.29 is 9.18 Å². The highest BCUT2D eigenvalue weighted by Gasteiger charge is 2.05. The number of ketones is 1. The summed E-state index contributed by atoms with van der Waals surface area (Å²) in [6, 6.07) is 6.41. The molecule has 0 amide bonds. The van der Waals surface area contributed by atoms with Gasteiger partial charge in [-0.25, -0.2) is 4.39 Å². The van der Waals surface area contributed by atoms with Crippen molar-refractivity contribution in [2.45, 2.75) is 33.1 Å². The molecule has 1 nitrogen and oxygen atoms in total. The first-order valence-electron chi connectivity index (χ1n) is 5.63. The minimum absolute atomic E-state index is 0.0243. The van der Waals surface area contributed by atoms with Crippen molar-refractivity contribution in [2.24, 2.45) is 0 Å². The molecule has 0 spiro atoms. The highest BCUT2D eigenvalue weighted by atomic mass is 19.1. The number of allylic oxidation sites excluding steroid dienone is 2. The molecule has 0 aliphatic rings. The predicted octanol–water partition coefficient (Wildman–Crippen LogP) is 3.68. The van der Waals surface area contributed by atoms with Crippen LogP contribution >= 0.6 is 0 Å². The Labute approximate surface area is 96.0 Å². The lowest BCUT2D eigenvalue weighted by Gasteiger charge is -2.02. The zero-order chi connectivity index (χ0) is 12.0. The molecule has 0 bridgehead atoms. The Balaban J connectivity index is 2.72. The van der Waals surface area contributed by atoms with E-state index in [4.69, 9.17) is 0 Å². The maximum atomic E-state index is 13.3. The predicted molar refractivity (Wildman–Crippen MR) is 63.8 cm³/mol. The number of hydrogen-bond donors (Lipinski definition) is 0. The molecule has 0 unspecified atom stereocenters. The van der Waals surface area contributed by atoms with Gasteiger partial charge in [-0.1, -0.05) is 37.6 Å². The fourth-order valence-electron chi connectivity index (χ4n) is 1.56. The third-order valence-electron chi connectivity index (χ3n) is 2.60. The van der Waals surface area contributed by atoms with Crippen molar-refractivity contribution in [3.63, 3.8) is 0 Å². The summed E-state index contributed by atoms with van der Waals surface area (Å²) in [6.45, 7) is 4.04. The maximum Gasteiger partial charge on any atom is 0.160 e. The number of rotatable bonds is 5. The monoisotopic (exact) mass is 220 g/mol. The average Bonchev–Trinajstić information content (AvgIpc) is 2.29. The second-order valence-electron chi connectivity index (χ2n) is 3.74. The molecule has 0 aliphatic heterocycles. The van der Waals surface area contributed by atoms with Crippen molar-refractivity contribution in [1.29, 1.82) is 0 Å². The quantitative estimate of drug-likeness (QED) is 0.692. The van der Waals surface area contributed by atoms with Crippen molar-refractivity contribution >= 4 is 5.78 Å². The van der Waals surface area contributed by atoms with Crippen LogP contribution in [0.5, 0.6) is 0 Å². The van der Waals surface area contributed by atoms with Crippen LogP contribution in [0.3, 0.4) is 0 Å². The van der Waals surface area contributed by atoms with Gasteiger partial charge in [0.25, 0.3) is 0 Å². The first kappa shape index (κ1) is 12.6. The van der Waals surface area contributed by atoms with E-state index >= 15 is 0 Å². The van der Waals surface area contributed by atoms with Crippen LogP contribution in [-0.4, -0.2) is 5.78 Å². The van der Waals surface area contributed by atoms with Gasteiger partial charge in [0.05, 0.1) is 0 Å². The summed E-state index contributed by atoms with van der Waals surface area (Å²) in [5.74, 6) is -0.331. The van der Waals surface area contributed by atoms with Gasteiger partial charge in [0.1, 0.15) is 5.82 Å². The maximum absolute atomic E-state index is 13.3. The third-order valence-corrected chi connectivity index (χ3v) is 2.60. The smallest absolute Gasteiger partial charge is 0.160 e. The van der Waals surface area contributed by atoms with Crippen molar-refractivity contribution in [3.8, 4) is 0 Å². The number of benzene rings is 1. The SMILES string of the molecule is CCC(=CC(=O)Cc1ccccc1F)CC. The van der Waals surface area contributed by atoms with Crippen LogP contribution in [0.2, 0.25) is 0 Å². The van der Waals surface area contributed by atoms with Crippen molar-refractivity contribution in [3.05, 3.63) is 47.3 Å². The number of hydrogen-bond acceptors (Lipinski definition) is 1. The summed E-state index contributed by atoms with van der Waals surface area (Å²) >= 11 is 0. The fraction of sp³-hybridized carbons (Fsp3) is 0.357. The molecule has 16 heavy (non-hydrogen) atoms. The lowest BCUT2D eigenvalue weighted by atomic mass is 10.0. The van der Waals surface area contributed by atoms with Crippen LogP contribution in [0, 0.1) is 5.82 Å². The molecule has 0 atom stereocenters. The molecule has 0 saturated carbocycles. The topological polar surface area (TPSA) is 17.1 Å². The first-order valence-corrected chi connectivity index (χ1v) is 5.63. The molecule has 0 saturated heterocycles. The minimum atomic E-state index is -0.307. The normalized spacial score (nSPS) is 9.94. The molecule has 0 fully saturated rings. The summed E-state index contributed by atoms with van der Waals surface area (Å²) in [4.78, 5) is 11.6. The highest BCUT2D eigenvalue weighted by Crippen LogP contribution is 2.10. The van der Waals surface area contributed by atoms with E-state index in [2.05, 4.69) is 0 Å². The van der Waals surface area contributed by atoms with Gasteiger partial charge in [0, 0.05) is 6.42 Å². The molecule has 1 rings (SSSR count). The fourth-order valence-corrected chi connectivity index (χ4v) is 1.56. The molecular formula is C14H17FO. The van der Waals surface area contributed by atoms with Crippen molar-refractivity contribution in [1.82, 2.24) is 0 Å². The molecule has 86 valence electrons. The lowest BCUT2D eigenvalue weighted by Crippen LogP contribution is -2.02. The molecule has 1 aromatic carbocycles. The average molecular weight is 220 g/mol. The van der Waals surface area contributed by atoms with E-state index in [0.717, 1.165) is 18.4 Å². The van der Waals surface area contributed by atoms with Gasteiger partial charge in [0.15, 0.2) is 5.78 Å². The Morgan fingerprint density at radius 1 is 1.25 bits per heavy atom. The van der Waals surface area contributed by atoms with E-state index in [-0.39, 0.29) is 18.0 Å². The second-order valence-corrected chi connectivity index (χ2v) is 3.74. The van der Waals surface area contributed by atoms with Gasteiger partial charge in [-0.3, -0.25) is 4.79 Å². The largest absolute Gasteiger partial charge is 0.294 e. The second kappa shape index (κ2) is 6.21. The number of carbonyl (C=O) groups excluding carboxylic acids is 1. The van der Waals surface area contributed by atoms with Gasteiger partial charge in [0.2, 0.25) is 0 Å². The van der Waals surface area contributed by atoms with Crippen LogP contribution in [0.15, 0.2) is 35.9 Å². The number of halogens is 1. The first-order chi connectivity index (χ1) is 7.67. The lowest BCUT2D eigenvalue weighted by molar-refractivity contribution is -0.114. The Kier molecular flexibility index (Phi) is 4.90. The van der Waals surface area contributed by atoms with Gasteiger partial charge in [-0.05, 0) is 30.5 Å². The zero-order valence-corrected chi connectivity index (χ0v) is 9.79. The standard InChI is InChI=1S/C14H17FO/c1-3-11(4-2)9-13(16)10-12-7-5-6-8-14(12)15/h5-9H,3-4,10H2,1-2H3. The van der Waals surface area contributed by atoms with E-state index < -0.39 is 0 Å². The van der Waals surface area contributed by atoms with Gasteiger partial charge in [-0.15, -0.1) is 0 Å². The van der Waals surface area contributed by atoms with Crippen LogP contribution in [0.4, 0.5) is 4.39 Å². The molecular weight excluding hydrogens is 203 g/mol. The van der Waals surface area contributed by atoms with Gasteiger partial charge >= 0.3 is 0 Å². The number of carbonyl (C=O) groups is 1. The molecule has 0 aromatic heterocycles. The Morgan fingerprint density at radius 2 is 1.88 bits per heavy atom. The molecule has 0 aliphatic carbocycles. The van der Waals surface area contributed by atoms with E-state index in [1.54, 1.807) is 24.3 Å². The summed E-state index contributed by atoms with van der Waals surface area (Å²) < 4.78 is 13.3. The minimum Gasteiger partial charge on any atom is -0.294 e. The van der Waals surface area contributed by atoms with E-state index in [9.17, 15) is 9.18 Å². The molecule has 0 radical (unpaired) electrons. The van der Waals surface area contributed by atoms with E-state index in [1.165, 1.54) is 6.07 Å². The van der Waals surface area contributed by atoms with Crippen molar-refractivity contribution in [2.75, 3.05) is 0 Å². The van der Waals surface area contributed by atoms with E-state index in [0.29, 0.717) is 5.56 Å². The molecule has 0 N–H and O–H groups in total. The summed E-state index contributed by atoms with van der Waals surface area (Å²) in [5.41, 5.74) is 1.58. The Morgan fingerprint density at radius 3 is 2.44 bits per heavy atom.